The third-order valence-corrected chi connectivity index (χ3v) is 6.18. The van der Waals surface area contributed by atoms with Gasteiger partial charge in [0.1, 0.15) is 5.82 Å². The van der Waals surface area contributed by atoms with E-state index in [1.54, 1.807) is 12.1 Å². The van der Waals surface area contributed by atoms with Gasteiger partial charge < -0.3 is 10.1 Å². The number of fused-ring (bicyclic) bond motifs is 2. The number of hydrogen-bond acceptors (Lipinski definition) is 3. The highest BCUT2D eigenvalue weighted by atomic mass is 19.1. The van der Waals surface area contributed by atoms with Gasteiger partial charge in [-0.15, -0.1) is 0 Å². The van der Waals surface area contributed by atoms with Gasteiger partial charge >= 0.3 is 0 Å². The first-order valence-corrected chi connectivity index (χ1v) is 9.07. The highest BCUT2D eigenvalue weighted by Gasteiger charge is 2.51. The smallest absolute Gasteiger partial charge is 0.123 e. The third kappa shape index (κ3) is 3.04. The summed E-state index contributed by atoms with van der Waals surface area (Å²) in [5, 5.41) is 3.90. The Kier molecular flexibility index (Phi) is 4.39. The minimum absolute atomic E-state index is 0.0723. The van der Waals surface area contributed by atoms with Gasteiger partial charge in [-0.05, 0) is 48.8 Å². The Balaban J connectivity index is 1.46. The maximum Gasteiger partial charge on any atom is 0.123 e. The summed E-state index contributed by atoms with van der Waals surface area (Å²) in [6, 6.07) is 7.23. The highest BCUT2D eigenvalue weighted by Crippen LogP contribution is 2.55. The number of nitrogens with one attached hydrogen (secondary N) is 1. The summed E-state index contributed by atoms with van der Waals surface area (Å²) in [5.74, 6) is 1.42. The molecule has 0 aromatic heterocycles. The van der Waals surface area contributed by atoms with Crippen molar-refractivity contribution in [1.82, 2.24) is 10.2 Å². The molecule has 3 fully saturated rings. The fraction of sp³-hybridized carbons (Fsp3) is 0.684. The van der Waals surface area contributed by atoms with Gasteiger partial charge in [-0.25, -0.2) is 4.39 Å². The average Bonchev–Trinajstić information content (AvgIpc) is 3.18. The molecule has 0 amide bonds. The molecule has 2 aliphatic carbocycles. The van der Waals surface area contributed by atoms with Crippen LogP contribution in [0.25, 0.3) is 0 Å². The highest BCUT2D eigenvalue weighted by molar-refractivity contribution is 5.29. The summed E-state index contributed by atoms with van der Waals surface area (Å²) < 4.78 is 18.8. The normalized spacial score (nSPS) is 34.1. The van der Waals surface area contributed by atoms with E-state index in [1.165, 1.54) is 31.2 Å². The second-order valence-corrected chi connectivity index (χ2v) is 7.44. The second kappa shape index (κ2) is 6.50. The fourth-order valence-electron chi connectivity index (χ4n) is 5.01. The Hall–Kier alpha value is -0.970. The van der Waals surface area contributed by atoms with Crippen LogP contribution in [0.15, 0.2) is 24.3 Å². The average molecular weight is 318 g/mol. The molecule has 2 saturated carbocycles. The van der Waals surface area contributed by atoms with Gasteiger partial charge in [0.15, 0.2) is 0 Å². The van der Waals surface area contributed by atoms with Crippen molar-refractivity contribution < 1.29 is 9.13 Å². The van der Waals surface area contributed by atoms with E-state index in [9.17, 15) is 4.39 Å². The van der Waals surface area contributed by atoms with Crippen LogP contribution in [0.4, 0.5) is 4.39 Å². The van der Waals surface area contributed by atoms with Crippen molar-refractivity contribution >= 4 is 0 Å². The first kappa shape index (κ1) is 15.6. The predicted molar refractivity (Wildman–Crippen MR) is 88.8 cm³/mol. The lowest BCUT2D eigenvalue weighted by molar-refractivity contribution is 0.0365. The number of morpholine rings is 1. The first-order valence-electron chi connectivity index (χ1n) is 9.07. The topological polar surface area (TPSA) is 24.5 Å². The lowest BCUT2D eigenvalue weighted by Gasteiger charge is -2.40. The molecule has 3 atom stereocenters. The van der Waals surface area contributed by atoms with Crippen molar-refractivity contribution in [3.05, 3.63) is 35.6 Å². The van der Waals surface area contributed by atoms with Crippen molar-refractivity contribution in [3.63, 3.8) is 0 Å². The Morgan fingerprint density at radius 1 is 1.17 bits per heavy atom. The van der Waals surface area contributed by atoms with E-state index in [0.717, 1.165) is 45.3 Å². The second-order valence-electron chi connectivity index (χ2n) is 7.44. The zero-order valence-electron chi connectivity index (χ0n) is 13.8. The van der Waals surface area contributed by atoms with Crippen LogP contribution in [-0.4, -0.2) is 44.3 Å². The molecule has 4 heteroatoms. The quantitative estimate of drug-likeness (QED) is 0.903. The zero-order chi connectivity index (χ0) is 15.7. The number of nitrogens with zero attached hydrogens (tertiary/aromatic N) is 1. The van der Waals surface area contributed by atoms with Crippen molar-refractivity contribution in [2.45, 2.75) is 31.2 Å². The molecule has 3 aliphatic rings. The zero-order valence-corrected chi connectivity index (χ0v) is 13.8. The van der Waals surface area contributed by atoms with Gasteiger partial charge in [-0.3, -0.25) is 4.90 Å². The lowest BCUT2D eigenvalue weighted by Crippen LogP contribution is -2.50. The van der Waals surface area contributed by atoms with Gasteiger partial charge in [0.2, 0.25) is 0 Å². The number of ether oxygens (including phenoxy) is 1. The molecule has 1 aromatic rings. The van der Waals surface area contributed by atoms with E-state index in [1.807, 2.05) is 12.1 Å². The summed E-state index contributed by atoms with van der Waals surface area (Å²) >= 11 is 0. The first-order chi connectivity index (χ1) is 11.3. The molecule has 1 N–H and O–H groups in total. The van der Waals surface area contributed by atoms with E-state index in [2.05, 4.69) is 10.2 Å². The van der Waals surface area contributed by atoms with E-state index < -0.39 is 0 Å². The SMILES string of the molecule is Fc1ccc([C@]2(NCCN3CCOCC3)C[C@H]3CC[C@@H]2C3)cc1. The van der Waals surface area contributed by atoms with Gasteiger partial charge in [0, 0.05) is 31.7 Å². The maximum atomic E-state index is 13.3. The number of halogens is 1. The molecule has 4 rings (SSSR count). The molecule has 126 valence electrons. The van der Waals surface area contributed by atoms with Crippen molar-refractivity contribution in [2.24, 2.45) is 11.8 Å². The Morgan fingerprint density at radius 3 is 2.61 bits per heavy atom. The molecule has 1 heterocycles. The van der Waals surface area contributed by atoms with Crippen LogP contribution in [0, 0.1) is 17.7 Å². The molecule has 1 aromatic carbocycles. The predicted octanol–water partition coefficient (Wildman–Crippen LogP) is 2.76. The molecule has 1 aliphatic heterocycles. The van der Waals surface area contributed by atoms with Gasteiger partial charge in [0.25, 0.3) is 0 Å². The largest absolute Gasteiger partial charge is 0.379 e. The Morgan fingerprint density at radius 2 is 1.96 bits per heavy atom. The van der Waals surface area contributed by atoms with E-state index in [0.29, 0.717) is 5.92 Å². The molecular weight excluding hydrogens is 291 g/mol. The molecule has 0 unspecified atom stereocenters. The summed E-state index contributed by atoms with van der Waals surface area (Å²) in [5.41, 5.74) is 1.36. The van der Waals surface area contributed by atoms with Crippen molar-refractivity contribution in [3.8, 4) is 0 Å². The van der Waals surface area contributed by atoms with Crippen molar-refractivity contribution in [1.29, 1.82) is 0 Å². The molecule has 2 bridgehead atoms. The van der Waals surface area contributed by atoms with Crippen LogP contribution < -0.4 is 5.32 Å². The third-order valence-electron chi connectivity index (χ3n) is 6.18. The van der Waals surface area contributed by atoms with Gasteiger partial charge in [0.05, 0.1) is 13.2 Å². The maximum absolute atomic E-state index is 13.3. The van der Waals surface area contributed by atoms with Crippen LogP contribution in [0.2, 0.25) is 0 Å². The fourth-order valence-corrected chi connectivity index (χ4v) is 5.01. The Bertz CT molecular complexity index is 529. The van der Waals surface area contributed by atoms with Crippen LogP contribution >= 0.6 is 0 Å². The van der Waals surface area contributed by atoms with Crippen molar-refractivity contribution in [2.75, 3.05) is 39.4 Å². The van der Waals surface area contributed by atoms with Crippen LogP contribution in [0.5, 0.6) is 0 Å². The van der Waals surface area contributed by atoms with Crippen LogP contribution in [-0.2, 0) is 10.3 Å². The van der Waals surface area contributed by atoms with E-state index in [-0.39, 0.29) is 11.4 Å². The van der Waals surface area contributed by atoms with Gasteiger partial charge in [-0.1, -0.05) is 18.6 Å². The molecule has 23 heavy (non-hydrogen) atoms. The summed E-state index contributed by atoms with van der Waals surface area (Å²) in [7, 11) is 0. The molecule has 3 nitrogen and oxygen atoms in total. The molecule has 1 saturated heterocycles. The summed E-state index contributed by atoms with van der Waals surface area (Å²) in [6.45, 7) is 5.86. The van der Waals surface area contributed by atoms with Crippen LogP contribution in [0.3, 0.4) is 0 Å². The lowest BCUT2D eigenvalue weighted by atomic mass is 9.75. The standard InChI is InChI=1S/C19H27FN2O/c20-18-5-3-16(4-6-18)19(14-15-1-2-17(19)13-15)21-7-8-22-9-11-23-12-10-22/h3-6,15,17,21H,1-2,7-14H2/t15-,17+,19+/m0/s1. The summed E-state index contributed by atoms with van der Waals surface area (Å²) in [4.78, 5) is 2.47. The number of rotatable bonds is 5. The Labute approximate surface area is 138 Å². The number of hydrogen-bond donors (Lipinski definition) is 1. The molecular formula is C19H27FN2O. The monoisotopic (exact) mass is 318 g/mol. The molecule has 0 spiro atoms. The minimum Gasteiger partial charge on any atom is -0.379 e. The van der Waals surface area contributed by atoms with E-state index >= 15 is 0 Å². The van der Waals surface area contributed by atoms with E-state index in [4.69, 9.17) is 4.74 Å². The number of benzene rings is 1. The summed E-state index contributed by atoms with van der Waals surface area (Å²) in [6.07, 6.45) is 5.24. The van der Waals surface area contributed by atoms with Gasteiger partial charge in [-0.2, -0.15) is 0 Å². The van der Waals surface area contributed by atoms with Crippen LogP contribution in [0.1, 0.15) is 31.2 Å². The molecule has 0 radical (unpaired) electrons. The minimum atomic E-state index is -0.139.